The molecule has 0 aromatic heterocycles. The van der Waals surface area contributed by atoms with Gasteiger partial charge in [-0.15, -0.1) is 0 Å². The molecule has 4 N–H and O–H groups in total. The number of nitrogens with one attached hydrogen (secondary N) is 2. The van der Waals surface area contributed by atoms with Crippen LogP contribution in [0.15, 0.2) is 30.3 Å². The molecule has 2 atom stereocenters. The second-order valence-electron chi connectivity index (χ2n) is 4.69. The second-order valence-corrected chi connectivity index (χ2v) is 4.69. The smallest absolute Gasteiger partial charge is 0.325 e. The summed E-state index contributed by atoms with van der Waals surface area (Å²) in [4.78, 5) is 34.1. The molecular weight excluding hydrogens is 276 g/mol. The summed E-state index contributed by atoms with van der Waals surface area (Å²) in [5.41, 5.74) is 2.32. The topological polar surface area (TPSA) is 116 Å². The number of carboxylic acids is 1. The van der Waals surface area contributed by atoms with E-state index >= 15 is 0 Å². The fourth-order valence-electron chi connectivity index (χ4n) is 1.82. The third-order valence-electron chi connectivity index (χ3n) is 2.98. The first-order valence-electron chi connectivity index (χ1n) is 6.44. The van der Waals surface area contributed by atoms with Crippen molar-refractivity contribution in [3.63, 3.8) is 0 Å². The molecule has 2 amide bonds. The number of aliphatic carboxylic acids is 1. The Morgan fingerprint density at radius 2 is 1.81 bits per heavy atom. The molecule has 1 aromatic carbocycles. The third kappa shape index (κ3) is 5.62. The number of hydrogen-bond donors (Lipinski definition) is 4. The van der Waals surface area contributed by atoms with E-state index in [1.807, 2.05) is 6.07 Å². The van der Waals surface area contributed by atoms with Crippen molar-refractivity contribution < 1.29 is 24.7 Å². The molecule has 0 aliphatic rings. The van der Waals surface area contributed by atoms with E-state index in [1.54, 1.807) is 24.3 Å². The van der Waals surface area contributed by atoms with Crippen LogP contribution in [0.5, 0.6) is 0 Å². The lowest BCUT2D eigenvalue weighted by Crippen LogP contribution is -2.43. The van der Waals surface area contributed by atoms with Crippen LogP contribution in [0.3, 0.4) is 0 Å². The molecule has 0 saturated carbocycles. The number of hydroxylamine groups is 1. The van der Waals surface area contributed by atoms with E-state index in [0.29, 0.717) is 0 Å². The predicted molar refractivity (Wildman–Crippen MR) is 73.4 cm³/mol. The molecular formula is C14H18N2O5. The summed E-state index contributed by atoms with van der Waals surface area (Å²) in [6, 6.07) is 7.99. The highest BCUT2D eigenvalue weighted by molar-refractivity contribution is 5.88. The normalized spacial score (nSPS) is 13.0. The van der Waals surface area contributed by atoms with Crippen LogP contribution in [0, 0.1) is 5.92 Å². The maximum absolute atomic E-state index is 12.1. The summed E-state index contributed by atoms with van der Waals surface area (Å²) in [6.45, 7) is 1.34. The van der Waals surface area contributed by atoms with Crippen LogP contribution in [0.4, 0.5) is 0 Å². The van der Waals surface area contributed by atoms with Crippen LogP contribution >= 0.6 is 0 Å². The Morgan fingerprint density at radius 1 is 1.19 bits per heavy atom. The minimum Gasteiger partial charge on any atom is -0.480 e. The van der Waals surface area contributed by atoms with Gasteiger partial charge in [0.2, 0.25) is 11.8 Å². The quantitative estimate of drug-likeness (QED) is 0.427. The Morgan fingerprint density at radius 3 is 2.33 bits per heavy atom. The van der Waals surface area contributed by atoms with E-state index in [-0.39, 0.29) is 12.8 Å². The van der Waals surface area contributed by atoms with Crippen LogP contribution in [0.1, 0.15) is 18.9 Å². The molecule has 1 aromatic rings. The van der Waals surface area contributed by atoms with Gasteiger partial charge in [0.15, 0.2) is 0 Å². The Bertz CT molecular complexity index is 503. The van der Waals surface area contributed by atoms with Crippen LogP contribution in [-0.2, 0) is 20.8 Å². The van der Waals surface area contributed by atoms with Crippen molar-refractivity contribution in [2.45, 2.75) is 25.8 Å². The van der Waals surface area contributed by atoms with Crippen LogP contribution < -0.4 is 10.8 Å². The van der Waals surface area contributed by atoms with E-state index in [4.69, 9.17) is 10.3 Å². The van der Waals surface area contributed by atoms with Gasteiger partial charge in [-0.1, -0.05) is 30.3 Å². The minimum absolute atomic E-state index is 0.233. The maximum Gasteiger partial charge on any atom is 0.325 e. The van der Waals surface area contributed by atoms with Gasteiger partial charge in [0.1, 0.15) is 6.04 Å². The predicted octanol–water partition coefficient (Wildman–Crippen LogP) is 0.330. The molecule has 21 heavy (non-hydrogen) atoms. The van der Waals surface area contributed by atoms with Crippen molar-refractivity contribution in [2.24, 2.45) is 5.92 Å². The highest BCUT2D eigenvalue weighted by Crippen LogP contribution is 2.13. The molecule has 7 heteroatoms. The largest absolute Gasteiger partial charge is 0.480 e. The summed E-state index contributed by atoms with van der Waals surface area (Å²) >= 11 is 0. The second kappa shape index (κ2) is 8.01. The standard InChI is InChI=1S/C14H18N2O5/c1-9(14(19)20)15-13(18)11(8-12(17)16-21)7-10-5-3-2-4-6-10/h2-6,9,11,21H,7-8H2,1H3,(H,15,18)(H,16,17)(H,19,20)/t9-,11-/m0/s1. The van der Waals surface area contributed by atoms with E-state index in [1.165, 1.54) is 12.4 Å². The van der Waals surface area contributed by atoms with Gasteiger partial charge < -0.3 is 10.4 Å². The molecule has 0 spiro atoms. The Labute approximate surface area is 121 Å². The Hall–Kier alpha value is -2.41. The van der Waals surface area contributed by atoms with Crippen molar-refractivity contribution in [1.29, 1.82) is 0 Å². The number of carboxylic acid groups (broad SMARTS) is 1. The molecule has 0 bridgehead atoms. The van der Waals surface area contributed by atoms with E-state index in [9.17, 15) is 14.4 Å². The van der Waals surface area contributed by atoms with Crippen LogP contribution in [-0.4, -0.2) is 34.1 Å². The van der Waals surface area contributed by atoms with E-state index in [2.05, 4.69) is 5.32 Å². The Kier molecular flexibility index (Phi) is 6.35. The average Bonchev–Trinajstić information content (AvgIpc) is 2.47. The number of rotatable bonds is 7. The molecule has 0 aliphatic carbocycles. The van der Waals surface area contributed by atoms with Gasteiger partial charge in [0.25, 0.3) is 0 Å². The molecule has 114 valence electrons. The van der Waals surface area contributed by atoms with Gasteiger partial charge in [0, 0.05) is 6.42 Å². The minimum atomic E-state index is -1.16. The summed E-state index contributed by atoms with van der Waals surface area (Å²) < 4.78 is 0. The molecule has 0 radical (unpaired) electrons. The highest BCUT2D eigenvalue weighted by atomic mass is 16.5. The number of carbonyl (C=O) groups excluding carboxylic acids is 2. The van der Waals surface area contributed by atoms with Gasteiger partial charge >= 0.3 is 5.97 Å². The van der Waals surface area contributed by atoms with Crippen LogP contribution in [0.2, 0.25) is 0 Å². The summed E-state index contributed by atoms with van der Waals surface area (Å²) in [7, 11) is 0. The zero-order valence-corrected chi connectivity index (χ0v) is 11.6. The van der Waals surface area contributed by atoms with Crippen molar-refractivity contribution in [3.05, 3.63) is 35.9 Å². The summed E-state index contributed by atoms with van der Waals surface area (Å²) in [6.07, 6.45) is 0.0377. The van der Waals surface area contributed by atoms with Crippen molar-refractivity contribution >= 4 is 17.8 Å². The molecule has 0 heterocycles. The van der Waals surface area contributed by atoms with E-state index in [0.717, 1.165) is 5.56 Å². The van der Waals surface area contributed by atoms with Crippen molar-refractivity contribution in [1.82, 2.24) is 10.8 Å². The monoisotopic (exact) mass is 294 g/mol. The first-order valence-corrected chi connectivity index (χ1v) is 6.44. The molecule has 0 aliphatic heterocycles. The Balaban J connectivity index is 2.78. The van der Waals surface area contributed by atoms with E-state index < -0.39 is 29.7 Å². The first-order chi connectivity index (χ1) is 9.93. The van der Waals surface area contributed by atoms with Gasteiger partial charge in [-0.05, 0) is 18.9 Å². The highest BCUT2D eigenvalue weighted by Gasteiger charge is 2.25. The molecule has 0 saturated heterocycles. The lowest BCUT2D eigenvalue weighted by Gasteiger charge is -2.18. The summed E-state index contributed by atoms with van der Waals surface area (Å²) in [5.74, 6) is -3.17. The van der Waals surface area contributed by atoms with Gasteiger partial charge in [-0.2, -0.15) is 0 Å². The molecule has 0 fully saturated rings. The maximum atomic E-state index is 12.1. The fraction of sp³-hybridized carbons (Fsp3) is 0.357. The van der Waals surface area contributed by atoms with Gasteiger partial charge in [-0.25, -0.2) is 5.48 Å². The number of benzene rings is 1. The van der Waals surface area contributed by atoms with Crippen LogP contribution in [0.25, 0.3) is 0 Å². The van der Waals surface area contributed by atoms with Crippen molar-refractivity contribution in [2.75, 3.05) is 0 Å². The third-order valence-corrected chi connectivity index (χ3v) is 2.98. The average molecular weight is 294 g/mol. The zero-order valence-electron chi connectivity index (χ0n) is 11.6. The summed E-state index contributed by atoms with van der Waals surface area (Å²) in [5, 5.41) is 19.7. The fourth-order valence-corrected chi connectivity index (χ4v) is 1.82. The molecule has 0 unspecified atom stereocenters. The first kappa shape index (κ1) is 16.6. The van der Waals surface area contributed by atoms with Crippen molar-refractivity contribution in [3.8, 4) is 0 Å². The lowest BCUT2D eigenvalue weighted by molar-refractivity contribution is -0.142. The number of carbonyl (C=O) groups is 3. The molecule has 1 rings (SSSR count). The number of hydrogen-bond acceptors (Lipinski definition) is 4. The number of amides is 2. The van der Waals surface area contributed by atoms with Gasteiger partial charge in [0.05, 0.1) is 5.92 Å². The zero-order chi connectivity index (χ0) is 15.8. The lowest BCUT2D eigenvalue weighted by atomic mass is 9.94. The SMILES string of the molecule is C[C@H](NC(=O)[C@H](CC(=O)NO)Cc1ccccc1)C(=O)O. The van der Waals surface area contributed by atoms with Gasteiger partial charge in [-0.3, -0.25) is 19.6 Å². The molecule has 7 nitrogen and oxygen atoms in total.